The lowest BCUT2D eigenvalue weighted by atomic mass is 9.47. The minimum absolute atomic E-state index is 0.0144. The van der Waals surface area contributed by atoms with Crippen molar-refractivity contribution in [1.82, 2.24) is 9.05 Å². The van der Waals surface area contributed by atoms with Crippen molar-refractivity contribution in [3.63, 3.8) is 0 Å². The van der Waals surface area contributed by atoms with Gasteiger partial charge in [0.25, 0.3) is 0 Å². The average Bonchev–Trinajstić information content (AvgIpc) is 3.93. The number of rotatable bonds is 2. The minimum atomic E-state index is -0.229. The topological polar surface area (TPSA) is 26.2 Å². The van der Waals surface area contributed by atoms with Crippen molar-refractivity contribution >= 4 is 89.6 Å². The molecule has 3 aromatic heterocycles. The second-order valence-electron chi connectivity index (χ2n) is 25.6. The van der Waals surface area contributed by atoms with E-state index in [-0.39, 0.29) is 33.9 Å². The van der Waals surface area contributed by atoms with E-state index in [2.05, 4.69) is 245 Å². The van der Waals surface area contributed by atoms with Gasteiger partial charge in [0.1, 0.15) is 11.2 Å². The zero-order chi connectivity index (χ0) is 48.6. The van der Waals surface area contributed by atoms with Gasteiger partial charge in [-0.2, -0.15) is 0 Å². The van der Waals surface area contributed by atoms with Crippen LogP contribution in [-0.2, 0) is 27.1 Å². The van der Waals surface area contributed by atoms with E-state index in [1.807, 2.05) is 0 Å². The standard InChI is InChI=1S/C64H66BN3O/c1-60(2,3)37-21-26-43(27-22-37)67-52-35-41(64(13,14)15)34-48-55-54-46-32-39(62(7,8)9)23-28-49(46)66(42-19-17-16-18-20-42)51(54)36-45-44-31-38(61(4,5)6)24-29-50(44)68(57(45)55)65(56(48)52)59-58(67)47-33-40(63(10,11)12)25-30-53(47)69-59/h16-36H,1-15H3. The minimum Gasteiger partial charge on any atom is -0.466 e. The zero-order valence-corrected chi connectivity index (χ0v) is 43.5. The summed E-state index contributed by atoms with van der Waals surface area (Å²) in [6.07, 6.45) is 0. The molecule has 10 aromatic rings. The van der Waals surface area contributed by atoms with Crippen molar-refractivity contribution in [3.05, 3.63) is 155 Å². The van der Waals surface area contributed by atoms with Gasteiger partial charge in [0.15, 0.2) is 0 Å². The van der Waals surface area contributed by atoms with Crippen molar-refractivity contribution in [1.29, 1.82) is 0 Å². The van der Waals surface area contributed by atoms with Gasteiger partial charge >= 0.3 is 6.85 Å². The lowest BCUT2D eigenvalue weighted by molar-refractivity contribution is 0.590. The Labute approximate surface area is 409 Å². The molecule has 0 unspecified atom stereocenters. The Kier molecular flexibility index (Phi) is 8.94. The molecule has 0 N–H and O–H groups in total. The highest BCUT2D eigenvalue weighted by Gasteiger charge is 2.48. The van der Waals surface area contributed by atoms with Crippen LogP contribution in [0.4, 0.5) is 17.1 Å². The van der Waals surface area contributed by atoms with Gasteiger partial charge < -0.3 is 18.4 Å². The van der Waals surface area contributed by atoms with E-state index >= 15 is 0 Å². The van der Waals surface area contributed by atoms with E-state index < -0.39 is 0 Å². The first-order chi connectivity index (χ1) is 32.4. The summed E-state index contributed by atoms with van der Waals surface area (Å²) in [5.74, 6) is 0. The van der Waals surface area contributed by atoms with Crippen LogP contribution in [0.2, 0.25) is 0 Å². The molecule has 346 valence electrons. The van der Waals surface area contributed by atoms with E-state index in [1.165, 1.54) is 93.7 Å². The predicted octanol–water partition coefficient (Wildman–Crippen LogP) is 16.5. The van der Waals surface area contributed by atoms with Gasteiger partial charge in [-0.05, 0) is 139 Å². The summed E-state index contributed by atoms with van der Waals surface area (Å²) in [6, 6.07) is 49.4. The molecule has 0 amide bonds. The predicted molar refractivity (Wildman–Crippen MR) is 298 cm³/mol. The Morgan fingerprint density at radius 2 is 0.986 bits per heavy atom. The van der Waals surface area contributed by atoms with E-state index in [9.17, 15) is 0 Å². The second kappa shape index (κ2) is 14.1. The van der Waals surface area contributed by atoms with Crippen LogP contribution in [0, 0.1) is 0 Å². The van der Waals surface area contributed by atoms with Gasteiger partial charge in [0.2, 0.25) is 0 Å². The molecule has 0 saturated heterocycles. The van der Waals surface area contributed by atoms with Crippen LogP contribution in [0.5, 0.6) is 0 Å². The summed E-state index contributed by atoms with van der Waals surface area (Å²) >= 11 is 0. The number of hydrogen-bond donors (Lipinski definition) is 0. The maximum absolute atomic E-state index is 7.48. The Morgan fingerprint density at radius 3 is 1.59 bits per heavy atom. The molecule has 0 aliphatic carbocycles. The molecule has 5 heteroatoms. The molecular weight excluding hydrogens is 838 g/mol. The highest BCUT2D eigenvalue weighted by Crippen LogP contribution is 2.53. The first kappa shape index (κ1) is 43.8. The Hall–Kier alpha value is -6.46. The maximum Gasteiger partial charge on any atom is 0.375 e. The lowest BCUT2D eigenvalue weighted by Crippen LogP contribution is -2.56. The Balaban J connectivity index is 1.33. The molecular formula is C64H66BN3O. The second-order valence-corrected chi connectivity index (χ2v) is 25.6. The summed E-state index contributed by atoms with van der Waals surface area (Å²) in [5, 5.41) is 6.28. The third kappa shape index (κ3) is 6.41. The average molecular weight is 904 g/mol. The van der Waals surface area contributed by atoms with E-state index in [0.29, 0.717) is 0 Å². The number of hydrogen-bond acceptors (Lipinski definition) is 2. The molecule has 0 bridgehead atoms. The summed E-state index contributed by atoms with van der Waals surface area (Å²) in [5.41, 5.74) is 21.7. The molecule has 2 aliphatic heterocycles. The third-order valence-electron chi connectivity index (χ3n) is 15.6. The van der Waals surface area contributed by atoms with Crippen LogP contribution >= 0.6 is 0 Å². The molecule has 4 nitrogen and oxygen atoms in total. The first-order valence-electron chi connectivity index (χ1n) is 25.2. The number of para-hydroxylation sites is 1. The van der Waals surface area contributed by atoms with Crippen LogP contribution in [0.1, 0.15) is 132 Å². The van der Waals surface area contributed by atoms with Crippen molar-refractivity contribution < 1.29 is 4.42 Å². The quantitative estimate of drug-likeness (QED) is 0.162. The van der Waals surface area contributed by atoms with Gasteiger partial charge in [0, 0.05) is 60.6 Å². The maximum atomic E-state index is 7.48. The zero-order valence-electron chi connectivity index (χ0n) is 43.5. The fraction of sp³-hybridized carbons (Fsp3) is 0.312. The molecule has 12 rings (SSSR count). The van der Waals surface area contributed by atoms with Crippen LogP contribution < -0.4 is 16.0 Å². The van der Waals surface area contributed by atoms with Gasteiger partial charge in [0.05, 0.1) is 16.7 Å². The van der Waals surface area contributed by atoms with Gasteiger partial charge in [-0.25, -0.2) is 0 Å². The lowest BCUT2D eigenvalue weighted by Gasteiger charge is -2.40. The van der Waals surface area contributed by atoms with Crippen molar-refractivity contribution in [3.8, 4) is 16.8 Å². The smallest absolute Gasteiger partial charge is 0.375 e. The molecule has 0 radical (unpaired) electrons. The number of benzene rings is 7. The molecule has 0 saturated carbocycles. The SMILES string of the molecule is CC(C)(C)c1ccc(N2c3cc(C(C)(C)C)cc4c3B(c3oc5ccc(C(C)(C)C)cc5c32)n2c3ccc(C(C)(C)C)cc3c3cc5c(c-4c32)c2cc(C(C)(C)C)ccc2n5-c2ccccc2)cc1. The fourth-order valence-corrected chi connectivity index (χ4v) is 11.6. The monoisotopic (exact) mass is 904 g/mol. The molecule has 0 atom stereocenters. The number of aromatic nitrogens is 2. The van der Waals surface area contributed by atoms with Gasteiger partial charge in [-0.3, -0.25) is 0 Å². The summed E-state index contributed by atoms with van der Waals surface area (Å²) < 4.78 is 12.7. The number of furan rings is 1. The Bertz CT molecular complexity index is 3790. The van der Waals surface area contributed by atoms with Crippen molar-refractivity contribution in [2.75, 3.05) is 4.90 Å². The number of nitrogens with zero attached hydrogens (tertiary/aromatic N) is 3. The van der Waals surface area contributed by atoms with Crippen LogP contribution in [0.3, 0.4) is 0 Å². The fourth-order valence-electron chi connectivity index (χ4n) is 11.6. The first-order valence-corrected chi connectivity index (χ1v) is 25.2. The molecule has 2 aliphatic rings. The molecule has 0 spiro atoms. The van der Waals surface area contributed by atoms with Crippen LogP contribution in [0.25, 0.3) is 71.4 Å². The van der Waals surface area contributed by atoms with E-state index in [0.717, 1.165) is 33.7 Å². The summed E-state index contributed by atoms with van der Waals surface area (Å²) in [6.45, 7) is 34.8. The highest BCUT2D eigenvalue weighted by molar-refractivity contribution is 6.89. The van der Waals surface area contributed by atoms with Gasteiger partial charge in [-0.1, -0.05) is 158 Å². The highest BCUT2D eigenvalue weighted by atomic mass is 16.3. The number of anilines is 3. The van der Waals surface area contributed by atoms with Crippen molar-refractivity contribution in [2.24, 2.45) is 0 Å². The molecule has 69 heavy (non-hydrogen) atoms. The van der Waals surface area contributed by atoms with E-state index in [4.69, 9.17) is 4.42 Å². The molecule has 7 aromatic carbocycles. The Morgan fingerprint density at radius 1 is 0.435 bits per heavy atom. The third-order valence-corrected chi connectivity index (χ3v) is 15.6. The summed E-state index contributed by atoms with van der Waals surface area (Å²) in [7, 11) is 0. The van der Waals surface area contributed by atoms with Crippen LogP contribution in [0.15, 0.2) is 132 Å². The molecule has 5 heterocycles. The number of fused-ring (bicyclic) bond motifs is 13. The van der Waals surface area contributed by atoms with Crippen molar-refractivity contribution in [2.45, 2.75) is 131 Å². The molecule has 0 fully saturated rings. The van der Waals surface area contributed by atoms with E-state index in [1.54, 1.807) is 0 Å². The summed E-state index contributed by atoms with van der Waals surface area (Å²) in [4.78, 5) is 2.57. The normalized spacial score (nSPS) is 14.2. The van der Waals surface area contributed by atoms with Crippen LogP contribution in [-0.4, -0.2) is 15.9 Å². The van der Waals surface area contributed by atoms with Gasteiger partial charge in [-0.15, -0.1) is 0 Å². The largest absolute Gasteiger partial charge is 0.466 e.